The number of esters is 1. The van der Waals surface area contributed by atoms with Gasteiger partial charge in [0.2, 0.25) is 11.5 Å². The molecule has 2 aromatic rings. The molecule has 0 aromatic heterocycles. The zero-order chi connectivity index (χ0) is 23.7. The molecule has 0 fully saturated rings. The summed E-state index contributed by atoms with van der Waals surface area (Å²) in [5, 5.41) is 1.64. The quantitative estimate of drug-likeness (QED) is 0.183. The molecule has 5 heteroatoms. The Balaban J connectivity index is 2.55. The molecule has 32 heavy (non-hydrogen) atoms. The molecule has 0 N–H and O–H groups in total. The van der Waals surface area contributed by atoms with Gasteiger partial charge in [-0.25, -0.2) is 0 Å². The van der Waals surface area contributed by atoms with E-state index >= 15 is 0 Å². The fourth-order valence-electron chi connectivity index (χ4n) is 3.67. The van der Waals surface area contributed by atoms with Crippen LogP contribution in [0.4, 0.5) is 0 Å². The van der Waals surface area contributed by atoms with Gasteiger partial charge in [0.1, 0.15) is 0 Å². The lowest BCUT2D eigenvalue weighted by Gasteiger charge is -2.23. The monoisotopic (exact) mass is 444 g/mol. The molecule has 0 amide bonds. The van der Waals surface area contributed by atoms with E-state index in [0.29, 0.717) is 35.3 Å². The summed E-state index contributed by atoms with van der Waals surface area (Å²) in [6, 6.07) is 6.17. The lowest BCUT2D eigenvalue weighted by Crippen LogP contribution is -2.13. The van der Waals surface area contributed by atoms with E-state index in [4.69, 9.17) is 18.9 Å². The number of unbranched alkanes of at least 4 members (excludes halogenated alkanes) is 4. The van der Waals surface area contributed by atoms with Crippen molar-refractivity contribution < 1.29 is 23.7 Å². The summed E-state index contributed by atoms with van der Waals surface area (Å²) in [5.41, 5.74) is 1.15. The van der Waals surface area contributed by atoms with Gasteiger partial charge in [-0.1, -0.05) is 65.5 Å². The molecule has 1 unspecified atom stereocenters. The third-order valence-corrected chi connectivity index (χ3v) is 5.82. The molecule has 0 saturated carbocycles. The topological polar surface area (TPSA) is 54.0 Å². The summed E-state index contributed by atoms with van der Waals surface area (Å²) >= 11 is 0. The average Bonchev–Trinajstić information content (AvgIpc) is 2.79. The summed E-state index contributed by atoms with van der Waals surface area (Å²) in [5.74, 6) is 1.92. The molecule has 0 bridgehead atoms. The van der Waals surface area contributed by atoms with Crippen LogP contribution >= 0.6 is 0 Å². The maximum Gasteiger partial charge on any atom is 0.311 e. The van der Waals surface area contributed by atoms with Gasteiger partial charge in [-0.05, 0) is 37.3 Å². The lowest BCUT2D eigenvalue weighted by molar-refractivity contribution is -0.134. The molecule has 0 aliphatic heterocycles. The van der Waals surface area contributed by atoms with Gasteiger partial charge < -0.3 is 18.9 Å². The molecule has 178 valence electrons. The minimum atomic E-state index is -0.256. The molecule has 0 radical (unpaired) electrons. The van der Waals surface area contributed by atoms with Crippen LogP contribution in [0.5, 0.6) is 23.0 Å². The minimum absolute atomic E-state index is 0.00176. The van der Waals surface area contributed by atoms with Crippen LogP contribution in [-0.4, -0.2) is 26.3 Å². The molecule has 0 saturated heterocycles. The molecule has 0 aliphatic carbocycles. The molecule has 2 rings (SSSR count). The summed E-state index contributed by atoms with van der Waals surface area (Å²) in [7, 11) is 3.14. The highest BCUT2D eigenvalue weighted by Crippen LogP contribution is 2.52. The van der Waals surface area contributed by atoms with E-state index in [1.54, 1.807) is 14.2 Å². The van der Waals surface area contributed by atoms with E-state index < -0.39 is 0 Å². The zero-order valence-electron chi connectivity index (χ0n) is 20.9. The largest absolute Gasteiger partial charge is 0.490 e. The van der Waals surface area contributed by atoms with Crippen LogP contribution in [0.15, 0.2) is 18.2 Å². The van der Waals surface area contributed by atoms with Crippen molar-refractivity contribution in [3.05, 3.63) is 23.8 Å². The smallest absolute Gasteiger partial charge is 0.311 e. The van der Waals surface area contributed by atoms with Crippen LogP contribution < -0.4 is 18.9 Å². The van der Waals surface area contributed by atoms with Crippen LogP contribution in [0.2, 0.25) is 0 Å². The van der Waals surface area contributed by atoms with Crippen LogP contribution in [-0.2, 0) is 4.79 Å². The highest BCUT2D eigenvalue weighted by atomic mass is 16.6. The van der Waals surface area contributed by atoms with Gasteiger partial charge in [0, 0.05) is 17.2 Å². The number of ether oxygens (including phenoxy) is 4. The first kappa shape index (κ1) is 25.8. The number of fused-ring (bicyclic) bond motifs is 1. The maximum absolute atomic E-state index is 12.7. The van der Waals surface area contributed by atoms with Gasteiger partial charge in [-0.2, -0.15) is 0 Å². The van der Waals surface area contributed by atoms with Crippen molar-refractivity contribution in [2.24, 2.45) is 0 Å². The number of carbonyl (C=O) groups excluding carboxylic acids is 1. The SMILES string of the molecule is CCCCCCCC(=O)Oc1c(OC)c(OC)c(OC(C)CC)c2ccc(C(C)C)cc12. The fraction of sp³-hybridized carbons (Fsp3) is 0.593. The van der Waals surface area contributed by atoms with E-state index in [0.717, 1.165) is 42.0 Å². The summed E-state index contributed by atoms with van der Waals surface area (Å²) in [6.07, 6.45) is 6.60. The Morgan fingerprint density at radius 1 is 0.844 bits per heavy atom. The molecular formula is C27H40O5. The molecule has 1 atom stereocenters. The highest BCUT2D eigenvalue weighted by molar-refractivity contribution is 6.00. The molecule has 0 aliphatic rings. The molecule has 2 aromatic carbocycles. The van der Waals surface area contributed by atoms with Gasteiger partial charge >= 0.3 is 5.97 Å². The first-order valence-electron chi connectivity index (χ1n) is 12.0. The van der Waals surface area contributed by atoms with Crippen LogP contribution in [0, 0.1) is 0 Å². The normalized spacial score (nSPS) is 12.1. The number of hydrogen-bond acceptors (Lipinski definition) is 5. The van der Waals surface area contributed by atoms with Crippen molar-refractivity contribution in [1.29, 1.82) is 0 Å². The second-order valence-electron chi connectivity index (χ2n) is 8.66. The van der Waals surface area contributed by atoms with Crippen molar-refractivity contribution in [2.45, 2.75) is 91.6 Å². The van der Waals surface area contributed by atoms with E-state index in [2.05, 4.69) is 39.8 Å². The maximum atomic E-state index is 12.7. The van der Waals surface area contributed by atoms with E-state index in [9.17, 15) is 4.79 Å². The highest BCUT2D eigenvalue weighted by Gasteiger charge is 2.26. The summed E-state index contributed by atoms with van der Waals surface area (Å²) < 4.78 is 23.6. The second kappa shape index (κ2) is 12.6. The third kappa shape index (κ3) is 6.30. The Labute approximate surface area is 193 Å². The van der Waals surface area contributed by atoms with Crippen molar-refractivity contribution in [1.82, 2.24) is 0 Å². The van der Waals surface area contributed by atoms with Gasteiger partial charge in [0.25, 0.3) is 0 Å². The predicted molar refractivity (Wildman–Crippen MR) is 131 cm³/mol. The van der Waals surface area contributed by atoms with Crippen LogP contribution in [0.3, 0.4) is 0 Å². The summed E-state index contributed by atoms with van der Waals surface area (Å²) in [4.78, 5) is 12.7. The van der Waals surface area contributed by atoms with Crippen molar-refractivity contribution in [3.63, 3.8) is 0 Å². The number of carbonyl (C=O) groups is 1. The van der Waals surface area contributed by atoms with E-state index in [1.807, 2.05) is 13.0 Å². The number of hydrogen-bond donors (Lipinski definition) is 0. The molecular weight excluding hydrogens is 404 g/mol. The first-order valence-corrected chi connectivity index (χ1v) is 12.0. The zero-order valence-corrected chi connectivity index (χ0v) is 20.9. The van der Waals surface area contributed by atoms with E-state index in [1.165, 1.54) is 12.8 Å². The van der Waals surface area contributed by atoms with Crippen molar-refractivity contribution in [2.75, 3.05) is 14.2 Å². The average molecular weight is 445 g/mol. The Morgan fingerprint density at radius 2 is 1.50 bits per heavy atom. The second-order valence-corrected chi connectivity index (χ2v) is 8.66. The van der Waals surface area contributed by atoms with E-state index in [-0.39, 0.29) is 12.1 Å². The molecule has 0 heterocycles. The minimum Gasteiger partial charge on any atom is -0.490 e. The Hall–Kier alpha value is -2.43. The standard InChI is InChI=1S/C27H40O5/c1-8-10-11-12-13-14-23(28)32-25-22-17-20(18(3)4)15-16-21(22)24(31-19(5)9-2)26(29-6)27(25)30-7/h15-19H,8-14H2,1-7H3. The number of benzene rings is 2. The van der Waals surface area contributed by atoms with Crippen molar-refractivity contribution >= 4 is 16.7 Å². The molecule has 5 nitrogen and oxygen atoms in total. The Bertz CT molecular complexity index is 887. The molecule has 0 spiro atoms. The van der Waals surface area contributed by atoms with Gasteiger partial charge in [-0.3, -0.25) is 4.79 Å². The van der Waals surface area contributed by atoms with Gasteiger partial charge in [0.05, 0.1) is 20.3 Å². The van der Waals surface area contributed by atoms with Gasteiger partial charge in [-0.15, -0.1) is 0 Å². The van der Waals surface area contributed by atoms with Gasteiger partial charge in [0.15, 0.2) is 11.5 Å². The Kier molecular flexibility index (Phi) is 10.1. The number of methoxy groups -OCH3 is 2. The van der Waals surface area contributed by atoms with Crippen LogP contribution in [0.1, 0.15) is 91.0 Å². The Morgan fingerprint density at radius 3 is 2.09 bits per heavy atom. The predicted octanol–water partition coefficient (Wildman–Crippen LogP) is 7.42. The van der Waals surface area contributed by atoms with Crippen molar-refractivity contribution in [3.8, 4) is 23.0 Å². The first-order chi connectivity index (χ1) is 15.4. The third-order valence-electron chi connectivity index (χ3n) is 5.82. The number of rotatable bonds is 13. The fourth-order valence-corrected chi connectivity index (χ4v) is 3.67. The van der Waals surface area contributed by atoms with Crippen LogP contribution in [0.25, 0.3) is 10.8 Å². The lowest BCUT2D eigenvalue weighted by atomic mass is 9.97. The summed E-state index contributed by atoms with van der Waals surface area (Å²) in [6.45, 7) is 10.6.